The van der Waals surface area contributed by atoms with E-state index in [1.807, 2.05) is 30.3 Å². The van der Waals surface area contributed by atoms with Gasteiger partial charge in [0.1, 0.15) is 11.6 Å². The highest BCUT2D eigenvalue weighted by Gasteiger charge is 2.28. The van der Waals surface area contributed by atoms with E-state index >= 15 is 0 Å². The molecule has 2 aromatic carbocycles. The summed E-state index contributed by atoms with van der Waals surface area (Å²) in [4.78, 5) is 6.82. The second kappa shape index (κ2) is 6.20. The van der Waals surface area contributed by atoms with Gasteiger partial charge in [0, 0.05) is 18.3 Å². The molecule has 1 aliphatic rings. The highest BCUT2D eigenvalue weighted by Crippen LogP contribution is 2.25. The molecule has 22 heavy (non-hydrogen) atoms. The molecule has 1 unspecified atom stereocenters. The van der Waals surface area contributed by atoms with E-state index < -0.39 is 0 Å². The Kier molecular flexibility index (Phi) is 4.11. The predicted octanol–water partition coefficient (Wildman–Crippen LogP) is 2.57. The van der Waals surface area contributed by atoms with E-state index in [-0.39, 0.29) is 17.8 Å². The number of phenols is 1. The van der Waals surface area contributed by atoms with Crippen molar-refractivity contribution in [1.29, 1.82) is 0 Å². The van der Waals surface area contributed by atoms with Gasteiger partial charge in [-0.1, -0.05) is 36.4 Å². The number of aliphatic imine (C=N–C) groups is 1. The largest absolute Gasteiger partial charge is 0.508 e. The van der Waals surface area contributed by atoms with Crippen LogP contribution in [0.25, 0.3) is 0 Å². The van der Waals surface area contributed by atoms with Crippen molar-refractivity contribution in [3.8, 4) is 5.75 Å². The van der Waals surface area contributed by atoms with Crippen LogP contribution in [0.15, 0.2) is 59.6 Å². The van der Waals surface area contributed by atoms with Crippen LogP contribution in [-0.4, -0.2) is 29.6 Å². The topological polar surface area (TPSA) is 61.8 Å². The first-order valence-electron chi connectivity index (χ1n) is 7.57. The number of hydrogen-bond acceptors (Lipinski definition) is 4. The number of nitrogens with zero attached hydrogens (tertiary/aromatic N) is 2. The normalized spacial score (nSPS) is 19.1. The summed E-state index contributed by atoms with van der Waals surface area (Å²) in [6.45, 7) is 2.87. The first kappa shape index (κ1) is 14.6. The van der Waals surface area contributed by atoms with E-state index in [1.165, 1.54) is 5.56 Å². The zero-order valence-electron chi connectivity index (χ0n) is 12.7. The minimum absolute atomic E-state index is 0.158. The second-order valence-electron chi connectivity index (χ2n) is 5.76. The third-order valence-corrected chi connectivity index (χ3v) is 3.85. The van der Waals surface area contributed by atoms with E-state index in [1.54, 1.807) is 12.1 Å². The number of phenolic OH excluding ortho intramolecular Hbond substituents is 1. The average Bonchev–Trinajstić information content (AvgIpc) is 2.90. The van der Waals surface area contributed by atoms with E-state index in [0.717, 1.165) is 24.5 Å². The molecule has 0 amide bonds. The first-order valence-corrected chi connectivity index (χ1v) is 7.57. The van der Waals surface area contributed by atoms with Gasteiger partial charge < -0.3 is 15.7 Å². The van der Waals surface area contributed by atoms with Gasteiger partial charge in [0.05, 0.1) is 12.1 Å². The fourth-order valence-corrected chi connectivity index (χ4v) is 2.85. The second-order valence-corrected chi connectivity index (χ2v) is 5.76. The minimum atomic E-state index is -0.158. The molecule has 4 heteroatoms. The summed E-state index contributed by atoms with van der Waals surface area (Å²) in [5, 5.41) is 9.70. The Labute approximate surface area is 130 Å². The molecule has 0 aromatic heterocycles. The Morgan fingerprint density at radius 1 is 1.23 bits per heavy atom. The van der Waals surface area contributed by atoms with Gasteiger partial charge in [-0.2, -0.15) is 0 Å². The van der Waals surface area contributed by atoms with Crippen LogP contribution < -0.4 is 10.6 Å². The molecule has 0 aliphatic carbocycles. The van der Waals surface area contributed by atoms with Crippen molar-refractivity contribution in [2.24, 2.45) is 10.7 Å². The summed E-state index contributed by atoms with van der Waals surface area (Å²) in [6.07, 6.45) is 0.752. The smallest absolute Gasteiger partial charge is 0.121 e. The molecule has 114 valence electrons. The van der Waals surface area contributed by atoms with Crippen molar-refractivity contribution in [3.05, 3.63) is 60.2 Å². The quantitative estimate of drug-likeness (QED) is 0.911. The highest BCUT2D eigenvalue weighted by molar-refractivity contribution is 6.03. The molecule has 1 heterocycles. The van der Waals surface area contributed by atoms with E-state index in [9.17, 15) is 5.11 Å². The minimum Gasteiger partial charge on any atom is -0.508 e. The van der Waals surface area contributed by atoms with Crippen LogP contribution in [0.2, 0.25) is 0 Å². The zero-order valence-corrected chi connectivity index (χ0v) is 12.7. The lowest BCUT2D eigenvalue weighted by molar-refractivity contribution is 0.475. The third-order valence-electron chi connectivity index (χ3n) is 3.85. The monoisotopic (exact) mass is 295 g/mol. The molecular formula is C18H21N3O. The number of aromatic hydroxyl groups is 1. The maximum absolute atomic E-state index is 9.70. The number of nitrogens with two attached hydrogens (primary N) is 1. The van der Waals surface area contributed by atoms with E-state index in [0.29, 0.717) is 0 Å². The van der Waals surface area contributed by atoms with Crippen molar-refractivity contribution in [3.63, 3.8) is 0 Å². The summed E-state index contributed by atoms with van der Waals surface area (Å²) in [5.41, 5.74) is 8.54. The van der Waals surface area contributed by atoms with Crippen LogP contribution >= 0.6 is 0 Å². The van der Waals surface area contributed by atoms with Crippen LogP contribution in [0.3, 0.4) is 0 Å². The molecule has 3 rings (SSSR count). The number of hydrogen-bond donors (Lipinski definition) is 2. The van der Waals surface area contributed by atoms with Crippen molar-refractivity contribution < 1.29 is 5.11 Å². The summed E-state index contributed by atoms with van der Waals surface area (Å²) in [6, 6.07) is 17.5. The van der Waals surface area contributed by atoms with E-state index in [4.69, 9.17) is 10.7 Å². The predicted molar refractivity (Wildman–Crippen MR) is 90.5 cm³/mol. The summed E-state index contributed by atoms with van der Waals surface area (Å²) in [7, 11) is 0. The molecule has 0 saturated heterocycles. The SMILES string of the molecule is CC1CN(c2cccc(O)c2)C([C@@H](N)Cc2ccccc2)=N1. The van der Waals surface area contributed by atoms with Gasteiger partial charge in [0.25, 0.3) is 0 Å². The summed E-state index contributed by atoms with van der Waals surface area (Å²) >= 11 is 0. The molecule has 1 aliphatic heterocycles. The van der Waals surface area contributed by atoms with Crippen molar-refractivity contribution >= 4 is 11.5 Å². The molecule has 2 atom stereocenters. The number of amidine groups is 1. The molecule has 0 bridgehead atoms. The summed E-state index contributed by atoms with van der Waals surface area (Å²) in [5.74, 6) is 1.15. The van der Waals surface area contributed by atoms with Gasteiger partial charge in [-0.05, 0) is 31.0 Å². The standard InChI is InChI=1S/C18H21N3O/c1-13-12-21(15-8-5-9-16(22)11-15)18(20-13)17(19)10-14-6-3-2-4-7-14/h2-9,11,13,17,22H,10,12,19H2,1H3/t13?,17-/m0/s1. The van der Waals surface area contributed by atoms with Crippen molar-refractivity contribution in [2.75, 3.05) is 11.4 Å². The maximum Gasteiger partial charge on any atom is 0.121 e. The Morgan fingerprint density at radius 3 is 2.73 bits per heavy atom. The molecule has 0 fully saturated rings. The lowest BCUT2D eigenvalue weighted by atomic mass is 10.1. The molecule has 4 nitrogen and oxygen atoms in total. The average molecular weight is 295 g/mol. The fraction of sp³-hybridized carbons (Fsp3) is 0.278. The van der Waals surface area contributed by atoms with Crippen LogP contribution in [0.4, 0.5) is 5.69 Å². The van der Waals surface area contributed by atoms with Crippen molar-refractivity contribution in [1.82, 2.24) is 0 Å². The van der Waals surface area contributed by atoms with Gasteiger partial charge in [0.15, 0.2) is 0 Å². The van der Waals surface area contributed by atoms with Crippen LogP contribution in [-0.2, 0) is 6.42 Å². The molecule has 2 aromatic rings. The Bertz CT molecular complexity index is 669. The third kappa shape index (κ3) is 3.12. The molecule has 3 N–H and O–H groups in total. The Balaban J connectivity index is 1.82. The maximum atomic E-state index is 9.70. The van der Waals surface area contributed by atoms with Crippen LogP contribution in [0, 0.1) is 0 Å². The number of benzene rings is 2. The van der Waals surface area contributed by atoms with Gasteiger partial charge in [-0.25, -0.2) is 0 Å². The van der Waals surface area contributed by atoms with Crippen molar-refractivity contribution in [2.45, 2.75) is 25.4 Å². The van der Waals surface area contributed by atoms with Crippen LogP contribution in [0.5, 0.6) is 5.75 Å². The zero-order chi connectivity index (χ0) is 15.5. The Morgan fingerprint density at radius 2 is 2.00 bits per heavy atom. The lowest BCUT2D eigenvalue weighted by Crippen LogP contribution is -2.43. The summed E-state index contributed by atoms with van der Waals surface area (Å²) < 4.78 is 0. The Hall–Kier alpha value is -2.33. The highest BCUT2D eigenvalue weighted by atomic mass is 16.3. The molecule has 0 saturated carbocycles. The van der Waals surface area contributed by atoms with Gasteiger partial charge >= 0.3 is 0 Å². The van der Waals surface area contributed by atoms with E-state index in [2.05, 4.69) is 24.0 Å². The molecule has 0 spiro atoms. The van der Waals surface area contributed by atoms with Gasteiger partial charge in [-0.15, -0.1) is 0 Å². The fourth-order valence-electron chi connectivity index (χ4n) is 2.85. The van der Waals surface area contributed by atoms with Crippen LogP contribution in [0.1, 0.15) is 12.5 Å². The van der Waals surface area contributed by atoms with Gasteiger partial charge in [-0.3, -0.25) is 4.99 Å². The van der Waals surface area contributed by atoms with Gasteiger partial charge in [0.2, 0.25) is 0 Å². The first-order chi connectivity index (χ1) is 10.6. The molecular weight excluding hydrogens is 274 g/mol. The lowest BCUT2D eigenvalue weighted by Gasteiger charge is -2.25. The number of anilines is 1. The number of rotatable bonds is 4. The molecule has 0 radical (unpaired) electrons.